The molecule has 0 N–H and O–H groups in total. The van der Waals surface area contributed by atoms with Crippen molar-refractivity contribution in [1.82, 2.24) is 0 Å². The molecule has 0 aromatic carbocycles. The average Bonchev–Trinajstić information content (AvgIpc) is 2.35. The first-order chi connectivity index (χ1) is 4.52. The van der Waals surface area contributed by atoms with Crippen molar-refractivity contribution in [1.29, 1.82) is 0 Å². The molecule has 1 fully saturated rings. The zero-order valence-electron chi connectivity index (χ0n) is 6.85. The van der Waals surface area contributed by atoms with Crippen LogP contribution in [0.3, 0.4) is 0 Å². The topological polar surface area (TPSA) is 0 Å². The van der Waals surface area contributed by atoms with Gasteiger partial charge in [-0.1, -0.05) is 12.2 Å². The van der Waals surface area contributed by atoms with Crippen molar-refractivity contribution in [3.8, 4) is 0 Å². The smallest absolute Gasteiger partial charge is 0.0288 e. The molecule has 1 saturated carbocycles. The van der Waals surface area contributed by atoms with Crippen LogP contribution in [0.5, 0.6) is 0 Å². The van der Waals surface area contributed by atoms with Crippen molar-refractivity contribution >= 4 is 11.8 Å². The fourth-order valence-corrected chi connectivity index (χ4v) is 3.59. The number of fused-ring (bicyclic) bond motifs is 1. The molecule has 0 aromatic heterocycles. The minimum Gasteiger partial charge on any atom is -0.144 e. The maximum absolute atomic E-state index is 2.40. The van der Waals surface area contributed by atoms with Crippen LogP contribution in [-0.4, -0.2) is 9.49 Å². The van der Waals surface area contributed by atoms with E-state index in [9.17, 15) is 0 Å². The second-order valence-corrected chi connectivity index (χ2v) is 6.38. The molecule has 1 heterocycles. The highest BCUT2D eigenvalue weighted by Crippen LogP contribution is 2.61. The molecule has 2 rings (SSSR count). The van der Waals surface area contributed by atoms with Gasteiger partial charge in [0.1, 0.15) is 0 Å². The third-order valence-electron chi connectivity index (χ3n) is 2.48. The predicted molar refractivity (Wildman–Crippen MR) is 47.3 cm³/mol. The lowest BCUT2D eigenvalue weighted by atomic mass is 10.1. The molecule has 10 heavy (non-hydrogen) atoms. The van der Waals surface area contributed by atoms with Crippen LogP contribution in [0.25, 0.3) is 0 Å². The van der Waals surface area contributed by atoms with Crippen molar-refractivity contribution < 1.29 is 0 Å². The Morgan fingerprint density at radius 1 is 1.40 bits per heavy atom. The lowest BCUT2D eigenvalue weighted by Gasteiger charge is -2.27. The highest BCUT2D eigenvalue weighted by atomic mass is 32.2. The van der Waals surface area contributed by atoms with Gasteiger partial charge in [-0.25, -0.2) is 0 Å². The molecule has 0 spiro atoms. The van der Waals surface area contributed by atoms with E-state index in [4.69, 9.17) is 0 Å². The quantitative estimate of drug-likeness (QED) is 0.483. The van der Waals surface area contributed by atoms with Crippen LogP contribution >= 0.6 is 11.8 Å². The normalized spacial score (nSPS) is 48.5. The maximum atomic E-state index is 2.40. The van der Waals surface area contributed by atoms with E-state index in [1.807, 2.05) is 0 Å². The van der Waals surface area contributed by atoms with Crippen molar-refractivity contribution in [3.63, 3.8) is 0 Å². The molecule has 0 aromatic rings. The molecule has 0 radical (unpaired) electrons. The molecule has 0 saturated heterocycles. The van der Waals surface area contributed by atoms with Gasteiger partial charge in [-0.3, -0.25) is 0 Å². The Morgan fingerprint density at radius 3 is 2.60 bits per heavy atom. The van der Waals surface area contributed by atoms with Gasteiger partial charge in [-0.2, -0.15) is 0 Å². The fraction of sp³-hybridized carbons (Fsp3) is 0.778. The van der Waals surface area contributed by atoms with Gasteiger partial charge in [0.15, 0.2) is 0 Å². The van der Waals surface area contributed by atoms with Crippen LogP contribution < -0.4 is 0 Å². The van der Waals surface area contributed by atoms with Crippen molar-refractivity contribution in [3.05, 3.63) is 12.2 Å². The molecular weight excluding hydrogens is 140 g/mol. The summed E-state index contributed by atoms with van der Waals surface area (Å²) in [7, 11) is 0. The summed E-state index contributed by atoms with van der Waals surface area (Å²) in [5, 5.41) is 0. The van der Waals surface area contributed by atoms with Gasteiger partial charge >= 0.3 is 0 Å². The SMILES string of the molecule is CC1(C)C=CC2CC2(C)S1. The van der Waals surface area contributed by atoms with Crippen LogP contribution in [0.1, 0.15) is 27.2 Å². The van der Waals surface area contributed by atoms with Crippen LogP contribution in [0.4, 0.5) is 0 Å². The minimum atomic E-state index is 0.391. The molecular formula is C9H14S. The van der Waals surface area contributed by atoms with Crippen molar-refractivity contribution in [2.75, 3.05) is 0 Å². The molecule has 0 amide bonds. The van der Waals surface area contributed by atoms with Gasteiger partial charge in [0.2, 0.25) is 0 Å². The fourth-order valence-electron chi connectivity index (χ4n) is 1.75. The van der Waals surface area contributed by atoms with Gasteiger partial charge in [0, 0.05) is 9.49 Å². The zero-order chi connectivity index (χ0) is 7.41. The first kappa shape index (κ1) is 6.78. The van der Waals surface area contributed by atoms with Crippen LogP contribution in [0.2, 0.25) is 0 Å². The second-order valence-electron chi connectivity index (χ2n) is 4.19. The summed E-state index contributed by atoms with van der Waals surface area (Å²) in [5.41, 5.74) is 0. The maximum Gasteiger partial charge on any atom is 0.0288 e. The molecule has 1 aliphatic heterocycles. The van der Waals surface area contributed by atoms with Crippen LogP contribution in [-0.2, 0) is 0 Å². The Hall–Kier alpha value is 0.0900. The molecule has 2 atom stereocenters. The Bertz CT molecular complexity index is 193. The molecule has 0 bridgehead atoms. The van der Waals surface area contributed by atoms with Crippen LogP contribution in [0, 0.1) is 5.92 Å². The third kappa shape index (κ3) is 0.914. The van der Waals surface area contributed by atoms with Gasteiger partial charge in [0.05, 0.1) is 0 Å². The second kappa shape index (κ2) is 1.63. The van der Waals surface area contributed by atoms with Gasteiger partial charge in [0.25, 0.3) is 0 Å². The van der Waals surface area contributed by atoms with Crippen molar-refractivity contribution in [2.24, 2.45) is 5.92 Å². The van der Waals surface area contributed by atoms with E-state index in [0.717, 1.165) is 5.92 Å². The standard InChI is InChI=1S/C9H14S/c1-8(2)5-4-7-6-9(7,3)10-8/h4-5,7H,6H2,1-3H3. The first-order valence-electron chi connectivity index (χ1n) is 3.91. The number of rotatable bonds is 0. The Kier molecular flexibility index (Phi) is 1.11. The van der Waals surface area contributed by atoms with E-state index in [-0.39, 0.29) is 0 Å². The lowest BCUT2D eigenvalue weighted by molar-refractivity contribution is 0.824. The molecule has 2 aliphatic rings. The number of allylic oxidation sites excluding steroid dienone is 1. The highest BCUT2D eigenvalue weighted by molar-refractivity contribution is 8.02. The van der Waals surface area contributed by atoms with E-state index in [1.54, 1.807) is 0 Å². The zero-order valence-corrected chi connectivity index (χ0v) is 7.66. The summed E-state index contributed by atoms with van der Waals surface area (Å²) < 4.78 is 1.00. The summed E-state index contributed by atoms with van der Waals surface area (Å²) >= 11 is 2.13. The third-order valence-corrected chi connectivity index (χ3v) is 4.07. The molecule has 1 aliphatic carbocycles. The monoisotopic (exact) mass is 154 g/mol. The number of hydrogen-bond donors (Lipinski definition) is 0. The largest absolute Gasteiger partial charge is 0.144 e. The Balaban J connectivity index is 2.23. The number of thioether (sulfide) groups is 1. The lowest BCUT2D eigenvalue weighted by Crippen LogP contribution is -2.20. The van der Waals surface area contributed by atoms with E-state index in [0.29, 0.717) is 9.49 Å². The summed E-state index contributed by atoms with van der Waals surface area (Å²) in [6.07, 6.45) is 6.16. The van der Waals surface area contributed by atoms with E-state index >= 15 is 0 Å². The van der Waals surface area contributed by atoms with E-state index in [1.165, 1.54) is 6.42 Å². The van der Waals surface area contributed by atoms with E-state index < -0.39 is 0 Å². The first-order valence-corrected chi connectivity index (χ1v) is 4.73. The van der Waals surface area contributed by atoms with Crippen molar-refractivity contribution in [2.45, 2.75) is 36.7 Å². The summed E-state index contributed by atoms with van der Waals surface area (Å²) in [6, 6.07) is 0. The Morgan fingerprint density at radius 2 is 2.10 bits per heavy atom. The summed E-state index contributed by atoms with van der Waals surface area (Å²) in [6.45, 7) is 6.98. The van der Waals surface area contributed by atoms with E-state index in [2.05, 4.69) is 44.7 Å². The highest BCUT2D eigenvalue weighted by Gasteiger charge is 2.53. The molecule has 1 heteroatoms. The van der Waals surface area contributed by atoms with Gasteiger partial charge in [-0.15, -0.1) is 11.8 Å². The Labute approximate surface area is 67.1 Å². The van der Waals surface area contributed by atoms with Gasteiger partial charge in [-0.05, 0) is 33.1 Å². The summed E-state index contributed by atoms with van der Waals surface area (Å²) in [5.74, 6) is 0.894. The van der Waals surface area contributed by atoms with Gasteiger partial charge < -0.3 is 0 Å². The molecule has 2 unspecified atom stereocenters. The van der Waals surface area contributed by atoms with Crippen LogP contribution in [0.15, 0.2) is 12.2 Å². The number of hydrogen-bond acceptors (Lipinski definition) is 1. The minimum absolute atomic E-state index is 0.391. The average molecular weight is 154 g/mol. The molecule has 0 nitrogen and oxygen atoms in total. The predicted octanol–water partition coefficient (Wildman–Crippen LogP) is 2.85. The summed E-state index contributed by atoms with van der Waals surface area (Å²) in [4.78, 5) is 0. The molecule has 56 valence electrons.